The van der Waals surface area contributed by atoms with Crippen molar-refractivity contribution in [2.75, 3.05) is 25.5 Å². The Morgan fingerprint density at radius 2 is 2.10 bits per heavy atom. The number of anilines is 1. The summed E-state index contributed by atoms with van der Waals surface area (Å²) in [5.74, 6) is 0.658. The molecule has 0 aliphatic carbocycles. The Morgan fingerprint density at radius 3 is 2.71 bits per heavy atom. The van der Waals surface area contributed by atoms with Gasteiger partial charge >= 0.3 is 0 Å². The number of pyridine rings is 1. The quantitative estimate of drug-likeness (QED) is 0.886. The minimum atomic E-state index is -3.60. The topological polar surface area (TPSA) is 66.7 Å². The van der Waals surface area contributed by atoms with Crippen LogP contribution in [0.2, 0.25) is 0 Å². The summed E-state index contributed by atoms with van der Waals surface area (Å²) in [6, 6.07) is 5.43. The molecule has 0 spiro atoms. The molecule has 0 radical (unpaired) electrons. The first-order valence-corrected chi connectivity index (χ1v) is 8.49. The van der Waals surface area contributed by atoms with Crippen LogP contribution >= 0.6 is 0 Å². The van der Waals surface area contributed by atoms with Crippen molar-refractivity contribution >= 4 is 21.5 Å². The molecule has 21 heavy (non-hydrogen) atoms. The van der Waals surface area contributed by atoms with Gasteiger partial charge in [0, 0.05) is 26.3 Å². The Bertz CT molecular complexity index is 722. The fraction of sp³-hybridized carbons (Fsp3) is 0.500. The van der Waals surface area contributed by atoms with Gasteiger partial charge in [0.05, 0.1) is 0 Å². The number of hydrogen-bond donors (Lipinski definition) is 1. The minimum Gasteiger partial charge on any atom is -0.368 e. The van der Waals surface area contributed by atoms with Crippen LogP contribution in [0.1, 0.15) is 20.8 Å². The highest BCUT2D eigenvalue weighted by Crippen LogP contribution is 2.25. The van der Waals surface area contributed by atoms with Gasteiger partial charge in [0.25, 0.3) is 10.0 Å². The molecule has 2 rings (SSSR count). The average molecular weight is 310 g/mol. The van der Waals surface area contributed by atoms with Crippen molar-refractivity contribution in [2.45, 2.75) is 25.8 Å². The van der Waals surface area contributed by atoms with Crippen LogP contribution < -0.4 is 5.32 Å². The summed E-state index contributed by atoms with van der Waals surface area (Å²) < 4.78 is 28.7. The van der Waals surface area contributed by atoms with E-state index in [9.17, 15) is 8.42 Å². The van der Waals surface area contributed by atoms with Crippen LogP contribution in [0.3, 0.4) is 0 Å². The van der Waals surface area contributed by atoms with Crippen LogP contribution in [0.4, 0.5) is 5.82 Å². The van der Waals surface area contributed by atoms with Crippen molar-refractivity contribution in [3.8, 4) is 0 Å². The third-order valence-electron chi connectivity index (χ3n) is 3.11. The summed E-state index contributed by atoms with van der Waals surface area (Å²) >= 11 is 0. The van der Waals surface area contributed by atoms with Gasteiger partial charge in [-0.2, -0.15) is 4.31 Å². The maximum atomic E-state index is 12.9. The molecule has 2 aromatic rings. The Hall–Kier alpha value is -1.60. The van der Waals surface area contributed by atoms with Gasteiger partial charge in [-0.05, 0) is 25.0 Å². The van der Waals surface area contributed by atoms with E-state index < -0.39 is 10.0 Å². The molecular formula is C14H22N4O2S. The first-order chi connectivity index (χ1) is 9.87. The lowest BCUT2D eigenvalue weighted by atomic mass is 10.2. The van der Waals surface area contributed by atoms with Gasteiger partial charge in [-0.15, -0.1) is 0 Å². The maximum Gasteiger partial charge on any atom is 0.262 e. The second kappa shape index (κ2) is 6.03. The molecular weight excluding hydrogens is 288 g/mol. The predicted molar refractivity (Wildman–Crippen MR) is 84.0 cm³/mol. The number of aromatic nitrogens is 2. The maximum absolute atomic E-state index is 12.9. The van der Waals surface area contributed by atoms with Gasteiger partial charge in [0.2, 0.25) is 0 Å². The zero-order valence-electron chi connectivity index (χ0n) is 12.9. The molecule has 7 heteroatoms. The summed E-state index contributed by atoms with van der Waals surface area (Å²) in [7, 11) is -1.99. The Kier molecular flexibility index (Phi) is 4.53. The number of nitrogens with one attached hydrogen (secondary N) is 1. The Morgan fingerprint density at radius 1 is 1.38 bits per heavy atom. The molecule has 0 saturated carbocycles. The van der Waals surface area contributed by atoms with E-state index in [-0.39, 0.29) is 10.9 Å². The monoisotopic (exact) mass is 310 g/mol. The van der Waals surface area contributed by atoms with Gasteiger partial charge in [0.15, 0.2) is 10.8 Å². The molecule has 0 saturated heterocycles. The molecule has 2 aromatic heterocycles. The predicted octanol–water partition coefficient (Wildman–Crippen LogP) is 2.04. The highest BCUT2D eigenvalue weighted by atomic mass is 32.2. The van der Waals surface area contributed by atoms with E-state index >= 15 is 0 Å². The van der Waals surface area contributed by atoms with Crippen molar-refractivity contribution in [2.24, 2.45) is 5.92 Å². The normalized spacial score (nSPS) is 12.5. The average Bonchev–Trinajstić information content (AvgIpc) is 2.76. The van der Waals surface area contributed by atoms with Gasteiger partial charge < -0.3 is 5.32 Å². The third-order valence-corrected chi connectivity index (χ3v) is 4.96. The lowest BCUT2D eigenvalue weighted by molar-refractivity contribution is 0.415. The zero-order valence-corrected chi connectivity index (χ0v) is 13.7. The van der Waals surface area contributed by atoms with E-state index in [1.807, 2.05) is 26.8 Å². The molecule has 116 valence electrons. The van der Waals surface area contributed by atoms with E-state index in [1.165, 1.54) is 4.31 Å². The van der Waals surface area contributed by atoms with Gasteiger partial charge in [0.1, 0.15) is 5.65 Å². The second-order valence-corrected chi connectivity index (χ2v) is 7.36. The summed E-state index contributed by atoms with van der Waals surface area (Å²) in [6.07, 6.45) is 1.72. The van der Waals surface area contributed by atoms with E-state index in [4.69, 9.17) is 0 Å². The molecule has 6 nitrogen and oxygen atoms in total. The number of nitrogens with zero attached hydrogens (tertiary/aromatic N) is 3. The lowest BCUT2D eigenvalue weighted by Crippen LogP contribution is -2.31. The summed E-state index contributed by atoms with van der Waals surface area (Å²) in [5, 5.41) is 3.24. The highest BCUT2D eigenvalue weighted by molar-refractivity contribution is 7.89. The van der Waals surface area contributed by atoms with Crippen molar-refractivity contribution < 1.29 is 8.42 Å². The molecule has 0 aliphatic rings. The van der Waals surface area contributed by atoms with Crippen LogP contribution in [-0.4, -0.2) is 42.2 Å². The Balaban J connectivity index is 2.60. The summed E-state index contributed by atoms with van der Waals surface area (Å²) in [5.41, 5.74) is 0.616. The van der Waals surface area contributed by atoms with Crippen LogP contribution in [0.25, 0.3) is 5.65 Å². The van der Waals surface area contributed by atoms with E-state index in [2.05, 4.69) is 10.3 Å². The molecule has 0 atom stereocenters. The smallest absolute Gasteiger partial charge is 0.262 e. The van der Waals surface area contributed by atoms with Crippen LogP contribution in [0, 0.1) is 5.92 Å². The fourth-order valence-electron chi connectivity index (χ4n) is 2.26. The van der Waals surface area contributed by atoms with E-state index in [0.29, 0.717) is 24.6 Å². The number of hydrogen-bond acceptors (Lipinski definition) is 4. The molecule has 2 heterocycles. The Labute approximate surface area is 125 Å². The standard InChI is InChI=1S/C14H22N4O2S/c1-5-15-13-14(18-9-7-6-8-12(18)16-13)21(19,20)17(4)10-11(2)3/h6-9,11,15H,5,10H2,1-4H3. The fourth-order valence-corrected chi connectivity index (χ4v) is 3.82. The SMILES string of the molecule is CCNc1nc2ccccn2c1S(=O)(=O)N(C)CC(C)C. The van der Waals surface area contributed by atoms with E-state index in [0.717, 1.165) is 0 Å². The van der Waals surface area contributed by atoms with Crippen molar-refractivity contribution in [1.82, 2.24) is 13.7 Å². The number of sulfonamides is 1. The molecule has 1 N–H and O–H groups in total. The molecule has 0 aromatic carbocycles. The molecule has 0 bridgehead atoms. The van der Waals surface area contributed by atoms with Crippen molar-refractivity contribution in [3.63, 3.8) is 0 Å². The lowest BCUT2D eigenvalue weighted by Gasteiger charge is -2.19. The summed E-state index contributed by atoms with van der Waals surface area (Å²) in [4.78, 5) is 4.38. The largest absolute Gasteiger partial charge is 0.368 e. The molecule has 0 fully saturated rings. The highest BCUT2D eigenvalue weighted by Gasteiger charge is 2.29. The first-order valence-electron chi connectivity index (χ1n) is 7.05. The second-order valence-electron chi connectivity index (χ2n) is 5.40. The van der Waals surface area contributed by atoms with Crippen molar-refractivity contribution in [1.29, 1.82) is 0 Å². The first kappa shape index (κ1) is 15.8. The molecule has 0 amide bonds. The van der Waals surface area contributed by atoms with Crippen molar-refractivity contribution in [3.05, 3.63) is 24.4 Å². The van der Waals surface area contributed by atoms with Crippen LogP contribution in [0.15, 0.2) is 29.4 Å². The number of imidazole rings is 1. The van der Waals surface area contributed by atoms with Crippen LogP contribution in [0.5, 0.6) is 0 Å². The molecule has 0 unspecified atom stereocenters. The van der Waals surface area contributed by atoms with Gasteiger partial charge in [-0.25, -0.2) is 13.4 Å². The zero-order chi connectivity index (χ0) is 15.6. The molecule has 0 aliphatic heterocycles. The van der Waals surface area contributed by atoms with Crippen LogP contribution in [-0.2, 0) is 10.0 Å². The van der Waals surface area contributed by atoms with E-state index in [1.54, 1.807) is 29.8 Å². The number of rotatable bonds is 6. The van der Waals surface area contributed by atoms with Gasteiger partial charge in [-0.1, -0.05) is 19.9 Å². The number of fused-ring (bicyclic) bond motifs is 1. The third kappa shape index (κ3) is 3.03. The van der Waals surface area contributed by atoms with Gasteiger partial charge in [-0.3, -0.25) is 4.40 Å². The minimum absolute atomic E-state index is 0.197. The summed E-state index contributed by atoms with van der Waals surface area (Å²) in [6.45, 7) is 6.98.